The van der Waals surface area contributed by atoms with Crippen LogP contribution in [0.15, 0.2) is 63.8 Å². The zero-order valence-electron chi connectivity index (χ0n) is 16.4. The molecule has 5 rings (SSSR count). The van der Waals surface area contributed by atoms with Crippen LogP contribution >= 0.6 is 0 Å². The molecule has 5 nitrogen and oxygen atoms in total. The van der Waals surface area contributed by atoms with E-state index in [0.29, 0.717) is 17.7 Å². The zero-order valence-corrected chi connectivity index (χ0v) is 16.4. The van der Waals surface area contributed by atoms with E-state index in [-0.39, 0.29) is 5.63 Å². The van der Waals surface area contributed by atoms with Crippen molar-refractivity contribution in [2.75, 3.05) is 13.8 Å². The van der Waals surface area contributed by atoms with E-state index in [1.807, 2.05) is 43.3 Å². The van der Waals surface area contributed by atoms with Gasteiger partial charge >= 0.3 is 5.63 Å². The summed E-state index contributed by atoms with van der Waals surface area (Å²) in [7, 11) is 1.69. The van der Waals surface area contributed by atoms with Gasteiger partial charge in [-0.2, -0.15) is 0 Å². The molecule has 0 aliphatic carbocycles. The van der Waals surface area contributed by atoms with Gasteiger partial charge in [-0.3, -0.25) is 4.90 Å². The Balaban J connectivity index is 1.58. The van der Waals surface area contributed by atoms with Gasteiger partial charge in [0.15, 0.2) is 0 Å². The van der Waals surface area contributed by atoms with Crippen LogP contribution in [0.1, 0.15) is 16.7 Å². The van der Waals surface area contributed by atoms with Crippen molar-refractivity contribution in [1.82, 2.24) is 4.90 Å². The van der Waals surface area contributed by atoms with E-state index in [0.717, 1.165) is 52.1 Å². The first-order valence-electron chi connectivity index (χ1n) is 9.61. The third kappa shape index (κ3) is 2.95. The number of para-hydroxylation sites is 1. The molecule has 0 fully saturated rings. The van der Waals surface area contributed by atoms with Crippen molar-refractivity contribution in [2.24, 2.45) is 0 Å². The molecule has 1 aliphatic heterocycles. The number of hydrogen-bond acceptors (Lipinski definition) is 5. The molecule has 0 bridgehead atoms. The molecule has 0 spiro atoms. The zero-order chi connectivity index (χ0) is 20.0. The molecule has 1 aromatic heterocycles. The number of ether oxygens (including phenoxy) is 2. The fourth-order valence-corrected chi connectivity index (χ4v) is 4.16. The van der Waals surface area contributed by atoms with E-state index in [4.69, 9.17) is 13.9 Å². The Morgan fingerprint density at radius 1 is 1.03 bits per heavy atom. The Morgan fingerprint density at radius 2 is 1.79 bits per heavy atom. The van der Waals surface area contributed by atoms with E-state index < -0.39 is 0 Å². The molecule has 0 saturated heterocycles. The summed E-state index contributed by atoms with van der Waals surface area (Å²) in [5.74, 6) is 1.69. The summed E-state index contributed by atoms with van der Waals surface area (Å²) >= 11 is 0. The van der Waals surface area contributed by atoms with Gasteiger partial charge in [0.2, 0.25) is 0 Å². The second-order valence-electron chi connectivity index (χ2n) is 7.37. The van der Waals surface area contributed by atoms with Crippen molar-refractivity contribution in [2.45, 2.75) is 20.0 Å². The molecular formula is C24H21NO4. The average Bonchev–Trinajstić information content (AvgIpc) is 2.75. The summed E-state index contributed by atoms with van der Waals surface area (Å²) in [4.78, 5) is 14.6. The van der Waals surface area contributed by atoms with Crippen LogP contribution in [0.5, 0.6) is 11.5 Å². The maximum absolute atomic E-state index is 12.4. The summed E-state index contributed by atoms with van der Waals surface area (Å²) in [6.45, 7) is 3.90. The summed E-state index contributed by atoms with van der Waals surface area (Å²) in [5, 5.41) is 2.45. The summed E-state index contributed by atoms with van der Waals surface area (Å²) in [5.41, 5.74) is 3.37. The van der Waals surface area contributed by atoms with Gasteiger partial charge in [0.1, 0.15) is 23.8 Å². The minimum atomic E-state index is -0.315. The minimum absolute atomic E-state index is 0.315. The van der Waals surface area contributed by atoms with Gasteiger partial charge in [-0.05, 0) is 30.5 Å². The molecule has 0 radical (unpaired) electrons. The first kappa shape index (κ1) is 17.8. The lowest BCUT2D eigenvalue weighted by Gasteiger charge is -2.30. The third-order valence-electron chi connectivity index (χ3n) is 5.54. The number of aryl methyl sites for hydroxylation is 1. The number of methoxy groups -OCH3 is 1. The van der Waals surface area contributed by atoms with Crippen molar-refractivity contribution < 1.29 is 13.9 Å². The first-order chi connectivity index (χ1) is 14.2. The molecule has 1 aliphatic rings. The lowest BCUT2D eigenvalue weighted by atomic mass is 10.00. The molecule has 5 heteroatoms. The highest BCUT2D eigenvalue weighted by molar-refractivity contribution is 6.06. The summed E-state index contributed by atoms with van der Waals surface area (Å²) in [6, 6.07) is 17.7. The van der Waals surface area contributed by atoms with Gasteiger partial charge in [-0.1, -0.05) is 36.4 Å². The molecule has 2 heterocycles. The molecule has 3 aromatic carbocycles. The molecule has 0 N–H and O–H groups in total. The van der Waals surface area contributed by atoms with Crippen LogP contribution < -0.4 is 15.1 Å². The Labute approximate surface area is 168 Å². The quantitative estimate of drug-likeness (QED) is 0.379. The Bertz CT molecular complexity index is 1290. The Kier molecular flexibility index (Phi) is 4.25. The molecule has 0 unspecified atom stereocenters. The fourth-order valence-electron chi connectivity index (χ4n) is 4.16. The smallest absolute Gasteiger partial charge is 0.344 e. The van der Waals surface area contributed by atoms with Crippen molar-refractivity contribution >= 4 is 21.7 Å². The van der Waals surface area contributed by atoms with E-state index >= 15 is 0 Å². The predicted octanol–water partition coefficient (Wildman–Crippen LogP) is 4.62. The van der Waals surface area contributed by atoms with E-state index in [2.05, 4.69) is 17.0 Å². The standard InChI is InChI=1S/C24H21NO4/c1-15-22-17(11-20-18-8-4-5-9-19(18)24(26)29-23(15)20)13-25(14-28-22)12-16-7-3-6-10-21(16)27-2/h3-11H,12-14H2,1-2H3. The number of rotatable bonds is 3. The molecule has 4 aromatic rings. The van der Waals surface area contributed by atoms with E-state index in [1.54, 1.807) is 13.2 Å². The topological polar surface area (TPSA) is 51.9 Å². The van der Waals surface area contributed by atoms with Crippen LogP contribution in [0, 0.1) is 6.92 Å². The average molecular weight is 387 g/mol. The van der Waals surface area contributed by atoms with Crippen LogP contribution in [0.4, 0.5) is 0 Å². The fraction of sp³-hybridized carbons (Fsp3) is 0.208. The monoisotopic (exact) mass is 387 g/mol. The number of fused-ring (bicyclic) bond motifs is 4. The van der Waals surface area contributed by atoms with E-state index in [9.17, 15) is 4.79 Å². The summed E-state index contributed by atoms with van der Waals surface area (Å²) < 4.78 is 17.2. The van der Waals surface area contributed by atoms with Crippen molar-refractivity contribution in [3.05, 3.63) is 81.7 Å². The third-order valence-corrected chi connectivity index (χ3v) is 5.54. The SMILES string of the molecule is COc1ccccc1CN1COc2c(cc3c(oc(=O)c4ccccc43)c2C)C1. The molecule has 0 atom stereocenters. The number of hydrogen-bond donors (Lipinski definition) is 0. The molecule has 0 amide bonds. The highest BCUT2D eigenvalue weighted by Crippen LogP contribution is 2.37. The van der Waals surface area contributed by atoms with Gasteiger partial charge in [0, 0.05) is 35.2 Å². The van der Waals surface area contributed by atoms with Gasteiger partial charge in [0.25, 0.3) is 0 Å². The minimum Gasteiger partial charge on any atom is -0.496 e. The van der Waals surface area contributed by atoms with Crippen LogP contribution in [-0.4, -0.2) is 18.7 Å². The maximum Gasteiger partial charge on any atom is 0.344 e. The Hall–Kier alpha value is -3.31. The van der Waals surface area contributed by atoms with Gasteiger partial charge in [-0.25, -0.2) is 4.79 Å². The first-order valence-corrected chi connectivity index (χ1v) is 9.61. The largest absolute Gasteiger partial charge is 0.496 e. The predicted molar refractivity (Wildman–Crippen MR) is 112 cm³/mol. The lowest BCUT2D eigenvalue weighted by Crippen LogP contribution is -2.32. The van der Waals surface area contributed by atoms with E-state index in [1.165, 1.54) is 0 Å². The van der Waals surface area contributed by atoms with Gasteiger partial charge in [0.05, 0.1) is 12.5 Å². The second-order valence-corrected chi connectivity index (χ2v) is 7.37. The highest BCUT2D eigenvalue weighted by atomic mass is 16.5. The van der Waals surface area contributed by atoms with Gasteiger partial charge < -0.3 is 13.9 Å². The van der Waals surface area contributed by atoms with Crippen LogP contribution in [-0.2, 0) is 13.1 Å². The molecule has 29 heavy (non-hydrogen) atoms. The molecule has 0 saturated carbocycles. The van der Waals surface area contributed by atoms with Crippen molar-refractivity contribution in [1.29, 1.82) is 0 Å². The molecule has 146 valence electrons. The normalized spacial score (nSPS) is 14.0. The lowest BCUT2D eigenvalue weighted by molar-refractivity contribution is 0.0874. The number of nitrogens with zero attached hydrogens (tertiary/aromatic N) is 1. The Morgan fingerprint density at radius 3 is 2.62 bits per heavy atom. The number of benzene rings is 3. The van der Waals surface area contributed by atoms with Crippen LogP contribution in [0.3, 0.4) is 0 Å². The molecular weight excluding hydrogens is 366 g/mol. The maximum atomic E-state index is 12.4. The second kappa shape index (κ2) is 6.94. The van der Waals surface area contributed by atoms with Crippen LogP contribution in [0.2, 0.25) is 0 Å². The van der Waals surface area contributed by atoms with Gasteiger partial charge in [-0.15, -0.1) is 0 Å². The van der Waals surface area contributed by atoms with Crippen molar-refractivity contribution in [3.63, 3.8) is 0 Å². The van der Waals surface area contributed by atoms with Crippen LogP contribution in [0.25, 0.3) is 21.7 Å². The highest BCUT2D eigenvalue weighted by Gasteiger charge is 2.23. The summed E-state index contributed by atoms with van der Waals surface area (Å²) in [6.07, 6.45) is 0. The van der Waals surface area contributed by atoms with Crippen molar-refractivity contribution in [3.8, 4) is 11.5 Å².